The summed E-state index contributed by atoms with van der Waals surface area (Å²) in [6.07, 6.45) is 1.28. The average Bonchev–Trinajstić information content (AvgIpc) is 3.16. The Hall–Kier alpha value is -3.35. The van der Waals surface area contributed by atoms with Gasteiger partial charge in [0.25, 0.3) is 5.91 Å². The quantitative estimate of drug-likeness (QED) is 0.654. The predicted molar refractivity (Wildman–Crippen MR) is 120 cm³/mol. The zero-order valence-corrected chi connectivity index (χ0v) is 18.1. The Labute approximate surface area is 181 Å². The Bertz CT molecular complexity index is 1110. The highest BCUT2D eigenvalue weighted by atomic mass is 16.6. The van der Waals surface area contributed by atoms with Crippen LogP contribution in [0.5, 0.6) is 0 Å². The van der Waals surface area contributed by atoms with Crippen molar-refractivity contribution in [3.05, 3.63) is 53.7 Å². The van der Waals surface area contributed by atoms with Gasteiger partial charge in [-0.05, 0) is 56.9 Å². The Morgan fingerprint density at radius 2 is 1.77 bits per heavy atom. The third-order valence-corrected chi connectivity index (χ3v) is 5.61. The third-order valence-electron chi connectivity index (χ3n) is 5.61. The summed E-state index contributed by atoms with van der Waals surface area (Å²) in [5, 5.41) is 8.49. The molecule has 3 aromatic rings. The number of nitrogens with one attached hydrogen (secondary N) is 1. The highest BCUT2D eigenvalue weighted by molar-refractivity contribution is 6.07. The van der Waals surface area contributed by atoms with Crippen molar-refractivity contribution in [2.75, 3.05) is 13.1 Å². The van der Waals surface area contributed by atoms with Crippen LogP contribution in [0.2, 0.25) is 0 Å². The summed E-state index contributed by atoms with van der Waals surface area (Å²) in [5.74, 6) is -0.308. The van der Waals surface area contributed by atoms with Crippen molar-refractivity contribution in [2.24, 2.45) is 5.73 Å². The number of aromatic amines is 1. The fourth-order valence-corrected chi connectivity index (χ4v) is 4.11. The van der Waals surface area contributed by atoms with E-state index in [1.54, 1.807) is 4.90 Å². The molecule has 2 heterocycles. The first kappa shape index (κ1) is 20.9. The van der Waals surface area contributed by atoms with E-state index in [1.165, 1.54) is 0 Å². The van der Waals surface area contributed by atoms with Crippen molar-refractivity contribution < 1.29 is 14.3 Å². The second kappa shape index (κ2) is 8.06. The molecule has 0 bridgehead atoms. The molecule has 3 N–H and O–H groups in total. The van der Waals surface area contributed by atoms with E-state index < -0.39 is 11.5 Å². The summed E-state index contributed by atoms with van der Waals surface area (Å²) < 4.78 is 5.49. The van der Waals surface area contributed by atoms with Gasteiger partial charge in [0.15, 0.2) is 0 Å². The topological polar surface area (TPSA) is 101 Å². The lowest BCUT2D eigenvalue weighted by Crippen LogP contribution is -2.41. The number of H-pyrrole nitrogens is 1. The van der Waals surface area contributed by atoms with Gasteiger partial charge in [-0.15, -0.1) is 0 Å². The first-order valence-corrected chi connectivity index (χ1v) is 10.6. The molecule has 0 radical (unpaired) electrons. The van der Waals surface area contributed by atoms with Gasteiger partial charge >= 0.3 is 6.09 Å². The summed E-state index contributed by atoms with van der Waals surface area (Å²) in [6.45, 7) is 6.82. The van der Waals surface area contributed by atoms with Crippen LogP contribution in [0.15, 0.2) is 42.5 Å². The number of likely N-dealkylation sites (tertiary alicyclic amines) is 1. The second-order valence-electron chi connectivity index (χ2n) is 9.03. The minimum absolute atomic E-state index is 0.180. The molecule has 7 nitrogen and oxygen atoms in total. The summed E-state index contributed by atoms with van der Waals surface area (Å²) in [5.41, 5.74) is 9.11. The van der Waals surface area contributed by atoms with Gasteiger partial charge in [0.1, 0.15) is 5.60 Å². The lowest BCUT2D eigenvalue weighted by Gasteiger charge is -2.33. The molecule has 0 unspecified atom stereocenters. The second-order valence-corrected chi connectivity index (χ2v) is 9.03. The maximum atomic E-state index is 12.4. The number of nitrogens with two attached hydrogens (primary N) is 1. The van der Waals surface area contributed by atoms with Crippen LogP contribution in [-0.4, -0.2) is 45.8 Å². The smallest absolute Gasteiger partial charge is 0.410 e. The van der Waals surface area contributed by atoms with Crippen molar-refractivity contribution in [3.63, 3.8) is 0 Å². The maximum absolute atomic E-state index is 12.4. The van der Waals surface area contributed by atoms with E-state index in [9.17, 15) is 9.59 Å². The summed E-state index contributed by atoms with van der Waals surface area (Å²) in [7, 11) is 0. The number of primary amides is 1. The zero-order valence-electron chi connectivity index (χ0n) is 18.1. The average molecular weight is 421 g/mol. The summed E-state index contributed by atoms with van der Waals surface area (Å²) >= 11 is 0. The maximum Gasteiger partial charge on any atom is 0.410 e. The number of carbonyl (C=O) groups is 2. The number of hydrogen-bond donors (Lipinski definition) is 2. The molecule has 0 atom stereocenters. The number of rotatable bonds is 3. The zero-order chi connectivity index (χ0) is 22.2. The van der Waals surface area contributed by atoms with E-state index in [2.05, 4.69) is 16.3 Å². The van der Waals surface area contributed by atoms with Gasteiger partial charge in [-0.1, -0.05) is 30.3 Å². The van der Waals surface area contributed by atoms with Crippen LogP contribution in [0.3, 0.4) is 0 Å². The van der Waals surface area contributed by atoms with E-state index in [0.29, 0.717) is 24.2 Å². The number of hydrogen-bond acceptors (Lipinski definition) is 4. The molecule has 7 heteroatoms. The van der Waals surface area contributed by atoms with Crippen LogP contribution < -0.4 is 5.73 Å². The number of aromatic nitrogens is 2. The normalized spacial score (nSPS) is 15.3. The van der Waals surface area contributed by atoms with Gasteiger partial charge in [0.05, 0.1) is 16.8 Å². The molecule has 0 spiro atoms. The van der Waals surface area contributed by atoms with E-state index in [0.717, 1.165) is 35.0 Å². The van der Waals surface area contributed by atoms with E-state index in [-0.39, 0.29) is 12.0 Å². The first-order valence-electron chi connectivity index (χ1n) is 10.6. The molecule has 162 valence electrons. The Balaban J connectivity index is 1.63. The summed E-state index contributed by atoms with van der Waals surface area (Å²) in [4.78, 5) is 26.3. The Morgan fingerprint density at radius 3 is 2.39 bits per heavy atom. The number of nitrogens with zero attached hydrogens (tertiary/aromatic N) is 2. The largest absolute Gasteiger partial charge is 0.444 e. The van der Waals surface area contributed by atoms with E-state index >= 15 is 0 Å². The van der Waals surface area contributed by atoms with E-state index in [1.807, 2.05) is 57.2 Å². The lowest BCUT2D eigenvalue weighted by molar-refractivity contribution is 0.0204. The Morgan fingerprint density at radius 1 is 1.10 bits per heavy atom. The number of piperidine rings is 1. The van der Waals surface area contributed by atoms with Crippen LogP contribution in [-0.2, 0) is 4.74 Å². The number of amides is 2. The molecule has 1 saturated heterocycles. The molecule has 31 heavy (non-hydrogen) atoms. The molecule has 2 amide bonds. The van der Waals surface area contributed by atoms with Crippen LogP contribution in [0.1, 0.15) is 55.6 Å². The van der Waals surface area contributed by atoms with Crippen LogP contribution in [0.25, 0.3) is 22.0 Å². The van der Waals surface area contributed by atoms with E-state index in [4.69, 9.17) is 10.5 Å². The van der Waals surface area contributed by atoms with Crippen molar-refractivity contribution in [1.82, 2.24) is 15.1 Å². The molecule has 4 rings (SSSR count). The van der Waals surface area contributed by atoms with Crippen molar-refractivity contribution in [3.8, 4) is 11.1 Å². The predicted octanol–water partition coefficient (Wildman–Crippen LogP) is 4.44. The summed E-state index contributed by atoms with van der Waals surface area (Å²) in [6, 6.07) is 13.8. The molecular weight excluding hydrogens is 392 g/mol. The lowest BCUT2D eigenvalue weighted by atomic mass is 9.90. The number of carbonyl (C=O) groups excluding carboxylic acids is 2. The first-order chi connectivity index (χ1) is 14.7. The van der Waals surface area contributed by atoms with Crippen molar-refractivity contribution >= 4 is 22.9 Å². The molecule has 2 aromatic carbocycles. The van der Waals surface area contributed by atoms with Gasteiger partial charge in [-0.25, -0.2) is 4.79 Å². The van der Waals surface area contributed by atoms with Crippen LogP contribution in [0, 0.1) is 0 Å². The highest BCUT2D eigenvalue weighted by Gasteiger charge is 2.30. The monoisotopic (exact) mass is 420 g/mol. The van der Waals surface area contributed by atoms with Crippen LogP contribution in [0.4, 0.5) is 4.79 Å². The van der Waals surface area contributed by atoms with Gasteiger partial charge < -0.3 is 15.4 Å². The number of fused-ring (bicyclic) bond motifs is 1. The minimum atomic E-state index is -0.509. The van der Waals surface area contributed by atoms with Gasteiger partial charge in [-0.3, -0.25) is 9.89 Å². The molecular formula is C24H28N4O3. The molecule has 1 aliphatic heterocycles. The highest BCUT2D eigenvalue weighted by Crippen LogP contribution is 2.35. The van der Waals surface area contributed by atoms with Crippen molar-refractivity contribution in [2.45, 2.75) is 45.1 Å². The van der Waals surface area contributed by atoms with Gasteiger partial charge in [0, 0.05) is 24.4 Å². The fraction of sp³-hybridized carbons (Fsp3) is 0.375. The minimum Gasteiger partial charge on any atom is -0.444 e. The molecule has 1 fully saturated rings. The SMILES string of the molecule is CC(C)(C)OC(=O)N1CCC(c2n[nH]c3c(C(N)=O)cc(-c4ccccc4)cc23)CC1. The third kappa shape index (κ3) is 4.40. The number of benzene rings is 2. The Kier molecular flexibility index (Phi) is 5.43. The van der Waals surface area contributed by atoms with Gasteiger partial charge in [0.2, 0.25) is 0 Å². The van der Waals surface area contributed by atoms with Crippen molar-refractivity contribution in [1.29, 1.82) is 0 Å². The van der Waals surface area contributed by atoms with Crippen LogP contribution >= 0.6 is 0 Å². The molecule has 1 aromatic heterocycles. The number of ether oxygens (including phenoxy) is 1. The fourth-order valence-electron chi connectivity index (χ4n) is 4.11. The molecule has 0 saturated carbocycles. The molecule has 1 aliphatic rings. The standard InChI is InChI=1S/C24H28N4O3/c1-24(2,3)31-23(30)28-11-9-16(10-12-28)20-18-13-17(15-7-5-4-6-8-15)14-19(22(25)29)21(18)27-26-20/h4-8,13-14,16H,9-12H2,1-3H3,(H2,25,29)(H,26,27). The van der Waals surface area contributed by atoms with Gasteiger partial charge in [-0.2, -0.15) is 5.10 Å². The molecule has 0 aliphatic carbocycles.